The standard InChI is InChI=1S/C24H50/c1-5-9-10-11-12-13-14-15-16-17-18-19-20-21-22-24(8-4)23(6-2)7-3/h23-24H,5-22H2,1-4H3. The highest BCUT2D eigenvalue weighted by atomic mass is 14.2. The van der Waals surface area contributed by atoms with E-state index in [1.54, 1.807) is 0 Å². The Morgan fingerprint density at radius 1 is 0.375 bits per heavy atom. The molecule has 1 atom stereocenters. The molecule has 0 fully saturated rings. The van der Waals surface area contributed by atoms with E-state index < -0.39 is 0 Å². The molecule has 0 bridgehead atoms. The Morgan fingerprint density at radius 2 is 0.708 bits per heavy atom. The Morgan fingerprint density at radius 3 is 1.04 bits per heavy atom. The molecule has 0 amide bonds. The van der Waals surface area contributed by atoms with Gasteiger partial charge in [0.2, 0.25) is 0 Å². The molecule has 0 heterocycles. The molecule has 0 rings (SSSR count). The fourth-order valence-corrected chi connectivity index (χ4v) is 4.33. The lowest BCUT2D eigenvalue weighted by Gasteiger charge is -2.24. The molecular formula is C24H50. The van der Waals surface area contributed by atoms with Gasteiger partial charge in [0.25, 0.3) is 0 Å². The molecule has 0 aliphatic carbocycles. The van der Waals surface area contributed by atoms with E-state index in [0.717, 1.165) is 11.8 Å². The fraction of sp³-hybridized carbons (Fsp3) is 1.00. The topological polar surface area (TPSA) is 0 Å². The van der Waals surface area contributed by atoms with Crippen molar-refractivity contribution in [1.29, 1.82) is 0 Å². The summed E-state index contributed by atoms with van der Waals surface area (Å²) in [6, 6.07) is 0. The van der Waals surface area contributed by atoms with Crippen molar-refractivity contribution in [2.75, 3.05) is 0 Å². The van der Waals surface area contributed by atoms with Crippen molar-refractivity contribution in [3.8, 4) is 0 Å². The van der Waals surface area contributed by atoms with Crippen molar-refractivity contribution in [1.82, 2.24) is 0 Å². The van der Waals surface area contributed by atoms with Crippen molar-refractivity contribution in [2.45, 2.75) is 143 Å². The highest BCUT2D eigenvalue weighted by molar-refractivity contribution is 4.67. The van der Waals surface area contributed by atoms with Crippen LogP contribution >= 0.6 is 0 Å². The van der Waals surface area contributed by atoms with Crippen LogP contribution in [0.4, 0.5) is 0 Å². The molecule has 0 nitrogen and oxygen atoms in total. The molecule has 0 heteroatoms. The molecule has 146 valence electrons. The Hall–Kier alpha value is 0. The van der Waals surface area contributed by atoms with Gasteiger partial charge < -0.3 is 0 Å². The SMILES string of the molecule is CCCCCCCCCCCCCCCCC(CC)C(CC)CC. The zero-order valence-corrected chi connectivity index (χ0v) is 17.9. The zero-order valence-electron chi connectivity index (χ0n) is 17.9. The molecule has 0 aromatic rings. The maximum atomic E-state index is 2.40. The summed E-state index contributed by atoms with van der Waals surface area (Å²) < 4.78 is 0. The first-order valence-electron chi connectivity index (χ1n) is 11.8. The van der Waals surface area contributed by atoms with Gasteiger partial charge in [-0.3, -0.25) is 0 Å². The highest BCUT2D eigenvalue weighted by Gasteiger charge is 2.15. The summed E-state index contributed by atoms with van der Waals surface area (Å²) in [5, 5.41) is 0. The van der Waals surface area contributed by atoms with E-state index in [1.807, 2.05) is 0 Å². The summed E-state index contributed by atoms with van der Waals surface area (Å²) >= 11 is 0. The van der Waals surface area contributed by atoms with Gasteiger partial charge >= 0.3 is 0 Å². The summed E-state index contributed by atoms with van der Waals surface area (Å²) in [5.74, 6) is 1.98. The normalized spacial score (nSPS) is 12.9. The zero-order chi connectivity index (χ0) is 17.9. The van der Waals surface area contributed by atoms with E-state index in [2.05, 4.69) is 27.7 Å². The number of unbranched alkanes of at least 4 members (excludes halogenated alkanes) is 13. The molecule has 0 saturated carbocycles. The average Bonchev–Trinajstić information content (AvgIpc) is 2.61. The second kappa shape index (κ2) is 19.3. The monoisotopic (exact) mass is 338 g/mol. The Bertz CT molecular complexity index is 216. The van der Waals surface area contributed by atoms with Gasteiger partial charge in [0, 0.05) is 0 Å². The van der Waals surface area contributed by atoms with Crippen LogP contribution in [0, 0.1) is 11.8 Å². The maximum Gasteiger partial charge on any atom is -0.0389 e. The predicted molar refractivity (Wildman–Crippen MR) is 113 cm³/mol. The van der Waals surface area contributed by atoms with E-state index in [0.29, 0.717) is 0 Å². The minimum atomic E-state index is 0.983. The summed E-state index contributed by atoms with van der Waals surface area (Å²) in [4.78, 5) is 0. The molecule has 0 aromatic heterocycles. The molecule has 0 aliphatic heterocycles. The van der Waals surface area contributed by atoms with Crippen LogP contribution in [0.5, 0.6) is 0 Å². The first-order valence-corrected chi connectivity index (χ1v) is 11.8. The van der Waals surface area contributed by atoms with E-state index in [9.17, 15) is 0 Å². The van der Waals surface area contributed by atoms with Crippen molar-refractivity contribution < 1.29 is 0 Å². The largest absolute Gasteiger partial charge is 0.0654 e. The van der Waals surface area contributed by atoms with Crippen LogP contribution in [-0.4, -0.2) is 0 Å². The van der Waals surface area contributed by atoms with Gasteiger partial charge in [0.15, 0.2) is 0 Å². The van der Waals surface area contributed by atoms with E-state index in [-0.39, 0.29) is 0 Å². The number of hydrogen-bond acceptors (Lipinski definition) is 0. The molecule has 0 spiro atoms. The smallest absolute Gasteiger partial charge is 0.0389 e. The maximum absolute atomic E-state index is 2.40. The fourth-order valence-electron chi connectivity index (χ4n) is 4.33. The lowest BCUT2D eigenvalue weighted by Crippen LogP contribution is -2.12. The minimum absolute atomic E-state index is 0.983. The Kier molecular flexibility index (Phi) is 19.3. The van der Waals surface area contributed by atoms with Crippen LogP contribution in [0.2, 0.25) is 0 Å². The summed E-state index contributed by atoms with van der Waals surface area (Å²) in [6.45, 7) is 9.45. The molecule has 0 radical (unpaired) electrons. The molecule has 1 unspecified atom stereocenters. The van der Waals surface area contributed by atoms with Gasteiger partial charge in [-0.05, 0) is 11.8 Å². The lowest BCUT2D eigenvalue weighted by atomic mass is 9.82. The molecule has 24 heavy (non-hydrogen) atoms. The number of hydrogen-bond donors (Lipinski definition) is 0. The van der Waals surface area contributed by atoms with Crippen LogP contribution in [-0.2, 0) is 0 Å². The first kappa shape index (κ1) is 24.0. The molecule has 0 N–H and O–H groups in total. The minimum Gasteiger partial charge on any atom is -0.0654 e. The summed E-state index contributed by atoms with van der Waals surface area (Å²) in [7, 11) is 0. The quantitative estimate of drug-likeness (QED) is 0.206. The molecule has 0 aromatic carbocycles. The summed E-state index contributed by atoms with van der Waals surface area (Å²) in [5.41, 5.74) is 0. The highest BCUT2D eigenvalue weighted by Crippen LogP contribution is 2.27. The van der Waals surface area contributed by atoms with Gasteiger partial charge in [-0.2, -0.15) is 0 Å². The third-order valence-electron chi connectivity index (χ3n) is 6.17. The molecular weight excluding hydrogens is 288 g/mol. The van der Waals surface area contributed by atoms with Crippen molar-refractivity contribution in [2.24, 2.45) is 11.8 Å². The van der Waals surface area contributed by atoms with Crippen LogP contribution < -0.4 is 0 Å². The third kappa shape index (κ3) is 14.4. The predicted octanol–water partition coefficient (Wildman–Crippen LogP) is 9.32. The van der Waals surface area contributed by atoms with Crippen molar-refractivity contribution >= 4 is 0 Å². The van der Waals surface area contributed by atoms with E-state index >= 15 is 0 Å². The second-order valence-corrected chi connectivity index (χ2v) is 8.13. The van der Waals surface area contributed by atoms with Crippen LogP contribution in [0.3, 0.4) is 0 Å². The van der Waals surface area contributed by atoms with E-state index in [1.165, 1.54) is 116 Å². The lowest BCUT2D eigenvalue weighted by molar-refractivity contribution is 0.278. The first-order chi connectivity index (χ1) is 11.8. The van der Waals surface area contributed by atoms with E-state index in [4.69, 9.17) is 0 Å². The van der Waals surface area contributed by atoms with Gasteiger partial charge in [0.05, 0.1) is 0 Å². The third-order valence-corrected chi connectivity index (χ3v) is 6.17. The van der Waals surface area contributed by atoms with Crippen LogP contribution in [0.15, 0.2) is 0 Å². The second-order valence-electron chi connectivity index (χ2n) is 8.13. The van der Waals surface area contributed by atoms with Gasteiger partial charge in [0.1, 0.15) is 0 Å². The molecule has 0 saturated heterocycles. The summed E-state index contributed by atoms with van der Waals surface area (Å²) in [6.07, 6.45) is 26.2. The van der Waals surface area contributed by atoms with Gasteiger partial charge in [-0.1, -0.05) is 143 Å². The van der Waals surface area contributed by atoms with Crippen molar-refractivity contribution in [3.63, 3.8) is 0 Å². The Balaban J connectivity index is 3.27. The average molecular weight is 339 g/mol. The van der Waals surface area contributed by atoms with Crippen LogP contribution in [0.25, 0.3) is 0 Å². The van der Waals surface area contributed by atoms with Gasteiger partial charge in [-0.15, -0.1) is 0 Å². The van der Waals surface area contributed by atoms with Crippen LogP contribution in [0.1, 0.15) is 143 Å². The number of rotatable bonds is 19. The van der Waals surface area contributed by atoms with Gasteiger partial charge in [-0.25, -0.2) is 0 Å². The molecule has 0 aliphatic rings. The Labute approximate surface area is 155 Å². The van der Waals surface area contributed by atoms with Crippen molar-refractivity contribution in [3.05, 3.63) is 0 Å².